The SMILES string of the molecule is Clc1cccc(CC(Br)c2cc(Cl)cc(Cl)c2)c1. The van der Waals surface area contributed by atoms with Crippen LogP contribution in [0.25, 0.3) is 0 Å². The molecule has 0 fully saturated rings. The monoisotopic (exact) mass is 362 g/mol. The van der Waals surface area contributed by atoms with Gasteiger partial charge in [0, 0.05) is 19.9 Å². The summed E-state index contributed by atoms with van der Waals surface area (Å²) >= 11 is 21.6. The second-order valence-corrected chi connectivity index (χ2v) is 6.42. The van der Waals surface area contributed by atoms with Crippen LogP contribution in [0.1, 0.15) is 16.0 Å². The van der Waals surface area contributed by atoms with Gasteiger partial charge in [0.1, 0.15) is 0 Å². The fraction of sp³-hybridized carbons (Fsp3) is 0.143. The van der Waals surface area contributed by atoms with E-state index in [1.807, 2.05) is 36.4 Å². The highest BCUT2D eigenvalue weighted by Crippen LogP contribution is 2.31. The third-order valence-electron chi connectivity index (χ3n) is 2.55. The van der Waals surface area contributed by atoms with Crippen molar-refractivity contribution in [2.45, 2.75) is 11.2 Å². The van der Waals surface area contributed by atoms with Crippen LogP contribution in [-0.4, -0.2) is 0 Å². The molecule has 0 saturated heterocycles. The number of alkyl halides is 1. The summed E-state index contributed by atoms with van der Waals surface area (Å²) in [4.78, 5) is 0.159. The summed E-state index contributed by atoms with van der Waals surface area (Å²) in [5.74, 6) is 0. The molecule has 0 nitrogen and oxygen atoms in total. The van der Waals surface area contributed by atoms with E-state index in [1.54, 1.807) is 6.07 Å². The average molecular weight is 364 g/mol. The molecule has 2 rings (SSSR count). The molecule has 0 amide bonds. The second-order valence-electron chi connectivity index (χ2n) is 4.00. The maximum Gasteiger partial charge on any atom is 0.0436 e. The van der Waals surface area contributed by atoms with Crippen LogP contribution in [0.3, 0.4) is 0 Å². The molecule has 0 aliphatic carbocycles. The van der Waals surface area contributed by atoms with Gasteiger partial charge in [0.2, 0.25) is 0 Å². The Balaban J connectivity index is 2.19. The Morgan fingerprint density at radius 2 is 1.56 bits per heavy atom. The minimum Gasteiger partial charge on any atom is -0.0843 e. The molecule has 0 bridgehead atoms. The summed E-state index contributed by atoms with van der Waals surface area (Å²) in [6.07, 6.45) is 0.831. The number of hydrogen-bond donors (Lipinski definition) is 0. The fourth-order valence-electron chi connectivity index (χ4n) is 1.74. The molecule has 0 aliphatic rings. The lowest BCUT2D eigenvalue weighted by atomic mass is 10.0. The minimum atomic E-state index is 0.159. The lowest BCUT2D eigenvalue weighted by molar-refractivity contribution is 0.949. The molecule has 0 saturated carbocycles. The predicted octanol–water partition coefficient (Wildman–Crippen LogP) is 6.33. The van der Waals surface area contributed by atoms with E-state index >= 15 is 0 Å². The number of benzene rings is 2. The van der Waals surface area contributed by atoms with Crippen molar-refractivity contribution in [3.8, 4) is 0 Å². The van der Waals surface area contributed by atoms with Crippen LogP contribution in [0.5, 0.6) is 0 Å². The number of halogens is 4. The molecule has 4 heteroatoms. The largest absolute Gasteiger partial charge is 0.0843 e. The van der Waals surface area contributed by atoms with Gasteiger partial charge in [-0.3, -0.25) is 0 Å². The summed E-state index contributed by atoms with van der Waals surface area (Å²) in [6, 6.07) is 13.4. The van der Waals surface area contributed by atoms with Crippen LogP contribution in [0.4, 0.5) is 0 Å². The second kappa shape index (κ2) is 6.29. The first kappa shape index (κ1) is 14.2. The normalized spacial score (nSPS) is 12.4. The van der Waals surface area contributed by atoms with E-state index in [2.05, 4.69) is 15.9 Å². The van der Waals surface area contributed by atoms with Crippen LogP contribution in [0, 0.1) is 0 Å². The van der Waals surface area contributed by atoms with E-state index in [1.165, 1.54) is 5.56 Å². The quantitative estimate of drug-likeness (QED) is 0.559. The molecule has 0 radical (unpaired) electrons. The van der Waals surface area contributed by atoms with Gasteiger partial charge >= 0.3 is 0 Å². The molecule has 1 atom stereocenters. The average Bonchev–Trinajstić information content (AvgIpc) is 2.27. The van der Waals surface area contributed by atoms with Crippen LogP contribution in [-0.2, 0) is 6.42 Å². The van der Waals surface area contributed by atoms with Crippen LogP contribution in [0.15, 0.2) is 42.5 Å². The third kappa shape index (κ3) is 3.89. The zero-order chi connectivity index (χ0) is 13.1. The van der Waals surface area contributed by atoms with E-state index in [0.717, 1.165) is 17.0 Å². The molecule has 94 valence electrons. The van der Waals surface area contributed by atoms with E-state index in [-0.39, 0.29) is 4.83 Å². The van der Waals surface area contributed by atoms with Crippen molar-refractivity contribution < 1.29 is 0 Å². The van der Waals surface area contributed by atoms with Gasteiger partial charge in [-0.25, -0.2) is 0 Å². The Bertz CT molecular complexity index is 534. The highest BCUT2D eigenvalue weighted by molar-refractivity contribution is 9.09. The molecule has 0 aliphatic heterocycles. The Morgan fingerprint density at radius 3 is 2.17 bits per heavy atom. The lowest BCUT2D eigenvalue weighted by Gasteiger charge is -2.11. The summed E-state index contributed by atoms with van der Waals surface area (Å²) in [5, 5.41) is 2.04. The van der Waals surface area contributed by atoms with E-state index in [0.29, 0.717) is 10.0 Å². The molecular weight excluding hydrogens is 354 g/mol. The van der Waals surface area contributed by atoms with Crippen molar-refractivity contribution in [2.75, 3.05) is 0 Å². The van der Waals surface area contributed by atoms with Crippen molar-refractivity contribution in [3.05, 3.63) is 68.7 Å². The molecule has 18 heavy (non-hydrogen) atoms. The Kier molecular flexibility index (Phi) is 4.97. The van der Waals surface area contributed by atoms with Crippen molar-refractivity contribution in [1.82, 2.24) is 0 Å². The first-order chi connectivity index (χ1) is 8.54. The van der Waals surface area contributed by atoms with Gasteiger partial charge in [-0.2, -0.15) is 0 Å². The smallest absolute Gasteiger partial charge is 0.0436 e. The van der Waals surface area contributed by atoms with E-state index in [4.69, 9.17) is 34.8 Å². The maximum absolute atomic E-state index is 6.00. The van der Waals surface area contributed by atoms with E-state index in [9.17, 15) is 0 Å². The highest BCUT2D eigenvalue weighted by atomic mass is 79.9. The minimum absolute atomic E-state index is 0.159. The molecule has 0 heterocycles. The molecule has 2 aromatic rings. The molecule has 1 unspecified atom stereocenters. The fourth-order valence-corrected chi connectivity index (χ4v) is 3.14. The van der Waals surface area contributed by atoms with Gasteiger partial charge in [0.25, 0.3) is 0 Å². The number of rotatable bonds is 3. The highest BCUT2D eigenvalue weighted by Gasteiger charge is 2.10. The Hall–Kier alpha value is -0.210. The lowest BCUT2D eigenvalue weighted by Crippen LogP contribution is -1.95. The Labute approximate surface area is 130 Å². The van der Waals surface area contributed by atoms with Crippen molar-refractivity contribution in [2.24, 2.45) is 0 Å². The summed E-state index contributed by atoms with van der Waals surface area (Å²) in [7, 11) is 0. The topological polar surface area (TPSA) is 0 Å². The van der Waals surface area contributed by atoms with Crippen molar-refractivity contribution >= 4 is 50.7 Å². The first-order valence-corrected chi connectivity index (χ1v) is 7.44. The van der Waals surface area contributed by atoms with Crippen molar-refractivity contribution in [1.29, 1.82) is 0 Å². The van der Waals surface area contributed by atoms with Gasteiger partial charge < -0.3 is 0 Å². The maximum atomic E-state index is 6.00. The first-order valence-electron chi connectivity index (χ1n) is 5.39. The summed E-state index contributed by atoms with van der Waals surface area (Å²) in [6.45, 7) is 0. The van der Waals surface area contributed by atoms with Gasteiger partial charge in [-0.05, 0) is 47.9 Å². The van der Waals surface area contributed by atoms with Gasteiger partial charge in [-0.1, -0.05) is 62.9 Å². The molecule has 0 spiro atoms. The molecule has 2 aromatic carbocycles. The van der Waals surface area contributed by atoms with Crippen LogP contribution >= 0.6 is 50.7 Å². The van der Waals surface area contributed by atoms with Crippen molar-refractivity contribution in [3.63, 3.8) is 0 Å². The summed E-state index contributed by atoms with van der Waals surface area (Å²) in [5.41, 5.74) is 2.23. The van der Waals surface area contributed by atoms with Crippen LogP contribution < -0.4 is 0 Å². The third-order valence-corrected chi connectivity index (χ3v) is 4.07. The number of hydrogen-bond acceptors (Lipinski definition) is 0. The molecule has 0 N–H and O–H groups in total. The predicted molar refractivity (Wildman–Crippen MR) is 83.3 cm³/mol. The van der Waals surface area contributed by atoms with Gasteiger partial charge in [-0.15, -0.1) is 0 Å². The van der Waals surface area contributed by atoms with Gasteiger partial charge in [0.05, 0.1) is 0 Å². The standard InChI is InChI=1S/C14H10BrCl3/c15-14(5-9-2-1-3-11(16)4-9)10-6-12(17)8-13(18)7-10/h1-4,6-8,14H,5H2. The zero-order valence-electron chi connectivity index (χ0n) is 9.34. The Morgan fingerprint density at radius 1 is 0.889 bits per heavy atom. The zero-order valence-corrected chi connectivity index (χ0v) is 13.2. The van der Waals surface area contributed by atoms with Gasteiger partial charge in [0.15, 0.2) is 0 Å². The van der Waals surface area contributed by atoms with Crippen LogP contribution in [0.2, 0.25) is 15.1 Å². The molecular formula is C14H10BrCl3. The molecule has 0 aromatic heterocycles. The summed E-state index contributed by atoms with van der Waals surface area (Å²) < 4.78 is 0. The van der Waals surface area contributed by atoms with E-state index < -0.39 is 0 Å².